The molecular weight excluding hydrogens is 1340 g/mol. The molecule has 2 amide bonds. The number of aryl methyl sites for hydroxylation is 7. The first-order valence-electron chi connectivity index (χ1n) is 40.9. The second-order valence-electron chi connectivity index (χ2n) is 29.4. The number of thiophene rings is 7. The molecule has 0 bridgehead atoms. The average molecular weight is 1480 g/mol. The molecule has 0 N–H and O–H groups in total. The lowest BCUT2D eigenvalue weighted by atomic mass is 9.99. The Kier molecular flexibility index (Phi) is 37.3. The van der Waals surface area contributed by atoms with E-state index in [9.17, 15) is 0 Å². The minimum absolute atomic E-state index is 0.0578. The Balaban J connectivity index is 1.30. The molecule has 4 nitrogen and oxygen atoms in total. The van der Waals surface area contributed by atoms with Crippen molar-refractivity contribution in [2.75, 3.05) is 13.7 Å². The Hall–Kier alpha value is -3.16. The van der Waals surface area contributed by atoms with Crippen LogP contribution in [0, 0.1) is 12.8 Å². The summed E-state index contributed by atoms with van der Waals surface area (Å²) in [5.74, 6) is 0.156. The number of nitrogens with zero attached hydrogens (tertiary/aromatic N) is 1. The third-order valence-electron chi connectivity index (χ3n) is 21.1. The highest BCUT2D eigenvalue weighted by Crippen LogP contribution is 2.56. The van der Waals surface area contributed by atoms with Gasteiger partial charge in [-0.1, -0.05) is 279 Å². The molecule has 548 valence electrons. The first-order valence-corrected chi connectivity index (χ1v) is 46.6. The second-order valence-corrected chi connectivity index (χ2v) is 37.0. The van der Waals surface area contributed by atoms with E-state index in [4.69, 9.17) is 4.74 Å². The lowest BCUT2D eigenvalue weighted by Gasteiger charge is -2.22. The van der Waals surface area contributed by atoms with Gasteiger partial charge >= 0.3 is 0 Å². The Bertz CT molecular complexity index is 3440. The number of amides is 2. The van der Waals surface area contributed by atoms with E-state index in [0.717, 1.165) is 91.9 Å². The maximum absolute atomic E-state index is 16.0. The number of fused-ring (bicyclic) bond motifs is 1. The fourth-order valence-corrected chi connectivity index (χ4v) is 24.1. The molecule has 0 aliphatic carbocycles. The van der Waals surface area contributed by atoms with E-state index in [1.165, 1.54) is 305 Å². The summed E-state index contributed by atoms with van der Waals surface area (Å²) in [7, 11) is 1.84. The summed E-state index contributed by atoms with van der Waals surface area (Å²) in [6.45, 7) is 21.2. The van der Waals surface area contributed by atoms with Gasteiger partial charge < -0.3 is 4.74 Å². The van der Waals surface area contributed by atoms with Crippen molar-refractivity contribution in [1.82, 2.24) is 4.90 Å². The van der Waals surface area contributed by atoms with E-state index < -0.39 is 0 Å². The largest absolute Gasteiger partial charge is 0.487 e. The van der Waals surface area contributed by atoms with E-state index in [0.29, 0.717) is 17.7 Å². The quantitative estimate of drug-likeness (QED) is 0.0282. The predicted molar refractivity (Wildman–Crippen MR) is 447 cm³/mol. The molecule has 0 radical (unpaired) electrons. The minimum Gasteiger partial charge on any atom is -0.487 e. The summed E-state index contributed by atoms with van der Waals surface area (Å²) in [6, 6.07) is 15.2. The number of hydrogen-bond donors (Lipinski definition) is 0. The van der Waals surface area contributed by atoms with Crippen molar-refractivity contribution in [3.05, 3.63) is 85.8 Å². The fourth-order valence-electron chi connectivity index (χ4n) is 15.0. The Morgan fingerprint density at radius 1 is 0.313 bits per heavy atom. The minimum atomic E-state index is -0.0593. The van der Waals surface area contributed by atoms with Crippen LogP contribution in [0.25, 0.3) is 58.5 Å². The van der Waals surface area contributed by atoms with Crippen molar-refractivity contribution in [2.45, 2.75) is 358 Å². The maximum atomic E-state index is 16.0. The molecule has 99 heavy (non-hydrogen) atoms. The van der Waals surface area contributed by atoms with E-state index in [2.05, 4.69) is 98.7 Å². The molecule has 0 saturated carbocycles. The van der Waals surface area contributed by atoms with Gasteiger partial charge in [-0.05, 0) is 166 Å². The average Bonchev–Trinajstić information content (AvgIpc) is 1.56. The second kappa shape index (κ2) is 45.3. The Morgan fingerprint density at radius 2 is 0.596 bits per heavy atom. The van der Waals surface area contributed by atoms with Crippen LogP contribution in [-0.2, 0) is 38.5 Å². The number of carbonyl (C=O) groups excluding carboxylic acids is 2. The van der Waals surface area contributed by atoms with Crippen LogP contribution in [0.2, 0.25) is 0 Å². The molecule has 8 rings (SSSR count). The molecule has 7 aromatic rings. The highest BCUT2D eigenvalue weighted by atomic mass is 32.1. The normalized spacial score (nSPS) is 12.8. The molecule has 7 aromatic heterocycles. The smallest absolute Gasteiger partial charge is 0.263 e. The third kappa shape index (κ3) is 23.9. The molecular formula is C88H131NO3S7. The molecule has 1 unspecified atom stereocenters. The van der Waals surface area contributed by atoms with E-state index in [1.807, 2.05) is 86.5 Å². The lowest BCUT2D eigenvalue weighted by molar-refractivity contribution is 0.0624. The zero-order valence-electron chi connectivity index (χ0n) is 63.8. The zero-order chi connectivity index (χ0) is 70.1. The Morgan fingerprint density at radius 3 is 0.929 bits per heavy atom. The molecule has 1 aliphatic rings. The van der Waals surface area contributed by atoms with Crippen molar-refractivity contribution < 1.29 is 14.3 Å². The third-order valence-corrected chi connectivity index (χ3v) is 30.3. The van der Waals surface area contributed by atoms with Gasteiger partial charge in [0.15, 0.2) is 5.06 Å². The van der Waals surface area contributed by atoms with E-state index >= 15 is 9.59 Å². The van der Waals surface area contributed by atoms with Crippen molar-refractivity contribution in [3.8, 4) is 63.6 Å². The number of unbranched alkanes of at least 4 members (excludes halogenated alkanes) is 31. The van der Waals surface area contributed by atoms with Crippen LogP contribution in [0.4, 0.5) is 0 Å². The van der Waals surface area contributed by atoms with Gasteiger partial charge in [0.1, 0.15) is 0 Å². The SMILES string of the molecule is CCCCCCCCc1cc(C)sc1-c1cc(CCCCCCCC)c(-c2cc(CCCCCCCC)c(-c3sc(-c4sc(-c5sc(-c6sc(OC)cc6CCCCCCCC)cc5CCCCCCCC)cc4CCCCCCCC)c4c3C(=O)N(CC(CC)CCCC)C4=O)s2)s1. The summed E-state index contributed by atoms with van der Waals surface area (Å²) in [6.07, 6.45) is 56.2. The monoisotopic (exact) mass is 1470 g/mol. The highest BCUT2D eigenvalue weighted by Gasteiger charge is 2.44. The van der Waals surface area contributed by atoms with Crippen LogP contribution < -0.4 is 4.74 Å². The van der Waals surface area contributed by atoms with Gasteiger partial charge in [-0.15, -0.1) is 68.0 Å². The summed E-state index contributed by atoms with van der Waals surface area (Å²) in [5, 5.41) is 1.01. The first kappa shape index (κ1) is 81.5. The van der Waals surface area contributed by atoms with Crippen LogP contribution in [0.1, 0.15) is 371 Å². The summed E-state index contributed by atoms with van der Waals surface area (Å²) in [5.41, 5.74) is 10.1. The van der Waals surface area contributed by atoms with Gasteiger partial charge in [-0.25, -0.2) is 0 Å². The number of hydrogen-bond acceptors (Lipinski definition) is 10. The van der Waals surface area contributed by atoms with Gasteiger partial charge in [-0.3, -0.25) is 14.5 Å². The van der Waals surface area contributed by atoms with Gasteiger partial charge in [-0.2, -0.15) is 0 Å². The van der Waals surface area contributed by atoms with Crippen LogP contribution in [0.3, 0.4) is 0 Å². The number of ether oxygens (including phenoxy) is 1. The number of imide groups is 1. The van der Waals surface area contributed by atoms with Crippen LogP contribution in [0.15, 0.2) is 36.4 Å². The Labute approximate surface area is 631 Å². The fraction of sp³-hybridized carbons (Fsp3) is 0.659. The molecule has 1 atom stereocenters. The van der Waals surface area contributed by atoms with E-state index in [1.54, 1.807) is 4.90 Å². The summed E-state index contributed by atoms with van der Waals surface area (Å²) >= 11 is 13.6. The van der Waals surface area contributed by atoms with Crippen LogP contribution in [-0.4, -0.2) is 30.4 Å². The standard InChI is InChI=1S/C88H131NO3S7/c1-11-19-26-32-38-44-51-66-57-64(9)93-79(66)72-58-67(52-45-39-33-27-20-12-2)80(94-72)73-60-69(54-47-41-35-29-22-14-4)83(96-73)85-77-78(88(91)89(87(77)90)63-65(18-8)50-25-17-7)86(99-85)84-70(55-48-42-36-30-23-15-5)61-74(97-84)81-68(53-46-40-34-28-21-13-3)59-75(95-81)82-71(62-76(92-10)98-82)56-49-43-37-31-24-16-6/h57-62,65H,11-56,63H2,1-10H3. The molecule has 0 saturated heterocycles. The van der Waals surface area contributed by atoms with Crippen LogP contribution >= 0.6 is 79.4 Å². The van der Waals surface area contributed by atoms with Crippen LogP contribution in [0.5, 0.6) is 5.06 Å². The number of methoxy groups -OCH3 is 1. The molecule has 1 aliphatic heterocycles. The van der Waals surface area contributed by atoms with Crippen molar-refractivity contribution in [1.29, 1.82) is 0 Å². The van der Waals surface area contributed by atoms with Gasteiger partial charge in [0.25, 0.3) is 11.8 Å². The van der Waals surface area contributed by atoms with Crippen molar-refractivity contribution in [3.63, 3.8) is 0 Å². The van der Waals surface area contributed by atoms with Crippen molar-refractivity contribution in [2.24, 2.45) is 5.92 Å². The maximum Gasteiger partial charge on any atom is 0.263 e. The zero-order valence-corrected chi connectivity index (χ0v) is 69.5. The number of carbonyl (C=O) groups is 2. The predicted octanol–water partition coefficient (Wildman–Crippen LogP) is 31.7. The molecule has 0 spiro atoms. The van der Waals surface area contributed by atoms with Crippen molar-refractivity contribution >= 4 is 91.2 Å². The first-order chi connectivity index (χ1) is 48.5. The highest BCUT2D eigenvalue weighted by molar-refractivity contribution is 7.32. The number of rotatable bonds is 55. The molecule has 0 fully saturated rings. The van der Waals surface area contributed by atoms with Gasteiger partial charge in [0.05, 0.1) is 32.9 Å². The van der Waals surface area contributed by atoms with Gasteiger partial charge in [0.2, 0.25) is 0 Å². The topological polar surface area (TPSA) is 46.6 Å². The summed E-state index contributed by atoms with van der Waals surface area (Å²) < 4.78 is 6.04. The van der Waals surface area contributed by atoms with E-state index in [-0.39, 0.29) is 17.7 Å². The molecule has 0 aromatic carbocycles. The van der Waals surface area contributed by atoms with Gasteiger partial charge in [0, 0.05) is 55.3 Å². The molecule has 8 heterocycles. The summed E-state index contributed by atoms with van der Waals surface area (Å²) in [4.78, 5) is 50.9. The lowest BCUT2D eigenvalue weighted by Crippen LogP contribution is -2.34. The molecule has 11 heteroatoms.